The molecule has 1 atom stereocenters. The van der Waals surface area contributed by atoms with E-state index in [1.165, 1.54) is 12.1 Å². The second-order valence-electron chi connectivity index (χ2n) is 4.13. The second kappa shape index (κ2) is 5.18. The summed E-state index contributed by atoms with van der Waals surface area (Å²) in [6.45, 7) is 0.683. The molecule has 1 aromatic carbocycles. The van der Waals surface area contributed by atoms with Crippen molar-refractivity contribution in [3.8, 4) is 11.5 Å². The summed E-state index contributed by atoms with van der Waals surface area (Å²) >= 11 is 1.79. The number of ether oxygens (including phenoxy) is 1. The number of nitrogens with zero attached hydrogens (tertiary/aromatic N) is 2. The number of benzene rings is 1. The van der Waals surface area contributed by atoms with E-state index in [1.807, 2.05) is 0 Å². The van der Waals surface area contributed by atoms with Crippen molar-refractivity contribution in [2.75, 3.05) is 23.8 Å². The third-order valence-electron chi connectivity index (χ3n) is 2.79. The molecule has 2 aromatic rings. The number of rotatable bonds is 2. The zero-order chi connectivity index (χ0) is 13.2. The fourth-order valence-corrected chi connectivity index (χ4v) is 2.64. The number of anilines is 1. The van der Waals surface area contributed by atoms with Crippen molar-refractivity contribution in [1.29, 1.82) is 0 Å². The number of halogens is 1. The van der Waals surface area contributed by atoms with Crippen LogP contribution in [0.1, 0.15) is 11.9 Å². The van der Waals surface area contributed by atoms with E-state index in [2.05, 4.69) is 10.1 Å². The molecule has 100 valence electrons. The van der Waals surface area contributed by atoms with Gasteiger partial charge < -0.3 is 15.0 Å². The average molecular weight is 281 g/mol. The van der Waals surface area contributed by atoms with Crippen LogP contribution >= 0.6 is 11.8 Å². The third-order valence-corrected chi connectivity index (χ3v) is 3.78. The van der Waals surface area contributed by atoms with Crippen molar-refractivity contribution in [3.05, 3.63) is 29.8 Å². The predicted molar refractivity (Wildman–Crippen MR) is 70.1 cm³/mol. The Morgan fingerprint density at radius 3 is 3.05 bits per heavy atom. The van der Waals surface area contributed by atoms with Gasteiger partial charge in [0, 0.05) is 17.1 Å². The molecule has 2 N–H and O–H groups in total. The van der Waals surface area contributed by atoms with Crippen LogP contribution in [0.4, 0.5) is 10.1 Å². The van der Waals surface area contributed by atoms with Crippen molar-refractivity contribution < 1.29 is 13.7 Å². The third kappa shape index (κ3) is 2.57. The molecule has 0 bridgehead atoms. The van der Waals surface area contributed by atoms with Crippen LogP contribution in [0.3, 0.4) is 0 Å². The van der Waals surface area contributed by atoms with Crippen molar-refractivity contribution in [2.24, 2.45) is 0 Å². The summed E-state index contributed by atoms with van der Waals surface area (Å²) in [5, 5.41) is 3.91. The zero-order valence-electron chi connectivity index (χ0n) is 10.0. The molecule has 0 aliphatic carbocycles. The fourth-order valence-electron chi connectivity index (χ4n) is 1.80. The lowest BCUT2D eigenvalue weighted by atomic mass is 10.2. The minimum absolute atomic E-state index is 0.0571. The quantitative estimate of drug-likeness (QED) is 0.851. The van der Waals surface area contributed by atoms with E-state index in [-0.39, 0.29) is 11.8 Å². The van der Waals surface area contributed by atoms with E-state index in [0.29, 0.717) is 23.9 Å². The molecule has 1 aliphatic rings. The maximum atomic E-state index is 13.1. The molecule has 0 saturated carbocycles. The first-order chi connectivity index (χ1) is 9.24. The van der Waals surface area contributed by atoms with E-state index < -0.39 is 5.82 Å². The van der Waals surface area contributed by atoms with Crippen LogP contribution in [0.5, 0.6) is 0 Å². The van der Waals surface area contributed by atoms with Gasteiger partial charge in [0.1, 0.15) is 11.9 Å². The van der Waals surface area contributed by atoms with Crippen LogP contribution in [-0.2, 0) is 4.74 Å². The second-order valence-corrected chi connectivity index (χ2v) is 5.28. The van der Waals surface area contributed by atoms with Crippen LogP contribution in [0.15, 0.2) is 22.7 Å². The SMILES string of the molecule is Nc1cc(-c2nc(C3CSCCO3)no2)ccc1F. The highest BCUT2D eigenvalue weighted by Gasteiger charge is 2.22. The van der Waals surface area contributed by atoms with Crippen molar-refractivity contribution >= 4 is 17.4 Å². The van der Waals surface area contributed by atoms with Gasteiger partial charge in [0.2, 0.25) is 5.82 Å². The summed E-state index contributed by atoms with van der Waals surface area (Å²) < 4.78 is 23.8. The zero-order valence-corrected chi connectivity index (χ0v) is 10.8. The summed E-state index contributed by atoms with van der Waals surface area (Å²) in [6, 6.07) is 4.31. The highest BCUT2D eigenvalue weighted by Crippen LogP contribution is 2.27. The van der Waals surface area contributed by atoms with Gasteiger partial charge in [0.15, 0.2) is 0 Å². The van der Waals surface area contributed by atoms with Crippen LogP contribution in [-0.4, -0.2) is 28.3 Å². The first kappa shape index (κ1) is 12.4. The topological polar surface area (TPSA) is 74.2 Å². The molecular formula is C12H12FN3O2S. The van der Waals surface area contributed by atoms with Gasteiger partial charge in [-0.1, -0.05) is 5.16 Å². The lowest BCUT2D eigenvalue weighted by Crippen LogP contribution is -2.16. The van der Waals surface area contributed by atoms with Gasteiger partial charge in [0.05, 0.1) is 12.3 Å². The van der Waals surface area contributed by atoms with Crippen LogP contribution in [0.2, 0.25) is 0 Å². The highest BCUT2D eigenvalue weighted by molar-refractivity contribution is 7.99. The number of thioether (sulfide) groups is 1. The maximum Gasteiger partial charge on any atom is 0.258 e. The monoisotopic (exact) mass is 281 g/mol. The Kier molecular flexibility index (Phi) is 3.39. The summed E-state index contributed by atoms with van der Waals surface area (Å²) in [6.07, 6.45) is -0.144. The molecule has 1 aliphatic heterocycles. The van der Waals surface area contributed by atoms with Crippen molar-refractivity contribution in [1.82, 2.24) is 10.1 Å². The fraction of sp³-hybridized carbons (Fsp3) is 0.333. The van der Waals surface area contributed by atoms with E-state index in [1.54, 1.807) is 17.8 Å². The number of aromatic nitrogens is 2. The van der Waals surface area contributed by atoms with E-state index >= 15 is 0 Å². The standard InChI is InChI=1S/C12H12FN3O2S/c13-8-2-1-7(5-9(8)14)12-15-11(16-18-12)10-6-19-4-3-17-10/h1-2,5,10H,3-4,6,14H2. The first-order valence-electron chi connectivity index (χ1n) is 5.82. The predicted octanol–water partition coefficient (Wildman–Crippen LogP) is 2.26. The summed E-state index contributed by atoms with van der Waals surface area (Å²) in [7, 11) is 0. The smallest absolute Gasteiger partial charge is 0.258 e. The summed E-state index contributed by atoms with van der Waals surface area (Å²) in [5.74, 6) is 2.17. The van der Waals surface area contributed by atoms with Crippen LogP contribution < -0.4 is 5.73 Å². The molecule has 0 radical (unpaired) electrons. The Morgan fingerprint density at radius 1 is 1.42 bits per heavy atom. The van der Waals surface area contributed by atoms with Gasteiger partial charge in [-0.05, 0) is 18.2 Å². The molecule has 0 amide bonds. The van der Waals surface area contributed by atoms with Crippen molar-refractivity contribution in [2.45, 2.75) is 6.10 Å². The molecule has 1 saturated heterocycles. The average Bonchev–Trinajstić information content (AvgIpc) is 2.93. The molecule has 1 unspecified atom stereocenters. The van der Waals surface area contributed by atoms with Gasteiger partial charge in [-0.3, -0.25) is 0 Å². The Morgan fingerprint density at radius 2 is 2.32 bits per heavy atom. The van der Waals surface area contributed by atoms with Gasteiger partial charge >= 0.3 is 0 Å². The molecule has 7 heteroatoms. The molecule has 2 heterocycles. The minimum atomic E-state index is -0.462. The molecular weight excluding hydrogens is 269 g/mol. The molecule has 5 nitrogen and oxygen atoms in total. The maximum absolute atomic E-state index is 13.1. The van der Waals surface area contributed by atoms with Crippen LogP contribution in [0.25, 0.3) is 11.5 Å². The largest absolute Gasteiger partial charge is 0.396 e. The first-order valence-corrected chi connectivity index (χ1v) is 6.98. The number of hydrogen-bond acceptors (Lipinski definition) is 6. The number of hydrogen-bond donors (Lipinski definition) is 1. The lowest BCUT2D eigenvalue weighted by Gasteiger charge is -2.18. The van der Waals surface area contributed by atoms with E-state index in [0.717, 1.165) is 11.5 Å². The van der Waals surface area contributed by atoms with E-state index in [4.69, 9.17) is 15.0 Å². The van der Waals surface area contributed by atoms with E-state index in [9.17, 15) is 4.39 Å². The van der Waals surface area contributed by atoms with Gasteiger partial charge in [-0.25, -0.2) is 4.39 Å². The van der Waals surface area contributed by atoms with Gasteiger partial charge in [0.25, 0.3) is 5.89 Å². The minimum Gasteiger partial charge on any atom is -0.396 e. The Hall–Kier alpha value is -1.60. The van der Waals surface area contributed by atoms with Gasteiger partial charge in [-0.2, -0.15) is 16.7 Å². The highest BCUT2D eigenvalue weighted by atomic mass is 32.2. The Bertz CT molecular complexity index is 584. The number of nitrogen functional groups attached to an aromatic ring is 1. The number of nitrogens with two attached hydrogens (primary N) is 1. The summed E-state index contributed by atoms with van der Waals surface area (Å²) in [4.78, 5) is 4.28. The van der Waals surface area contributed by atoms with Crippen molar-refractivity contribution in [3.63, 3.8) is 0 Å². The molecule has 3 rings (SSSR count). The van der Waals surface area contributed by atoms with Gasteiger partial charge in [-0.15, -0.1) is 0 Å². The molecule has 1 aromatic heterocycles. The molecule has 0 spiro atoms. The molecule has 19 heavy (non-hydrogen) atoms. The normalized spacial score (nSPS) is 19.5. The summed E-state index contributed by atoms with van der Waals surface area (Å²) in [5.41, 5.74) is 6.17. The Balaban J connectivity index is 1.85. The molecule has 1 fully saturated rings. The lowest BCUT2D eigenvalue weighted by molar-refractivity contribution is 0.0677. The Labute approximate surface area is 113 Å². The van der Waals surface area contributed by atoms with Crippen LogP contribution in [0, 0.1) is 5.82 Å².